The number of anilines is 1. The summed E-state index contributed by atoms with van der Waals surface area (Å²) in [4.78, 5) is 40.5. The molecule has 0 unspecified atom stereocenters. The summed E-state index contributed by atoms with van der Waals surface area (Å²) < 4.78 is 6.13. The highest BCUT2D eigenvalue weighted by Gasteiger charge is 2.32. The van der Waals surface area contributed by atoms with Crippen LogP contribution >= 0.6 is 11.6 Å². The number of fused-ring (bicyclic) bond motifs is 1. The van der Waals surface area contributed by atoms with E-state index in [-0.39, 0.29) is 34.5 Å². The van der Waals surface area contributed by atoms with Gasteiger partial charge in [-0.3, -0.25) is 24.3 Å². The molecule has 0 aliphatic carbocycles. The first-order chi connectivity index (χ1) is 12.5. The number of nitrogens with two attached hydrogens (primary N) is 1. The van der Waals surface area contributed by atoms with Crippen LogP contribution in [0, 0.1) is 0 Å². The van der Waals surface area contributed by atoms with E-state index < -0.39 is 17.4 Å². The van der Waals surface area contributed by atoms with Crippen LogP contribution in [0.5, 0.6) is 0 Å². The molecule has 0 atom stereocenters. The molecule has 0 bridgehead atoms. The number of nitrogens with zero attached hydrogens (tertiary/aromatic N) is 3. The van der Waals surface area contributed by atoms with Crippen LogP contribution < -0.4 is 16.6 Å². The van der Waals surface area contributed by atoms with Crippen molar-refractivity contribution in [2.24, 2.45) is 0 Å². The van der Waals surface area contributed by atoms with E-state index in [0.717, 1.165) is 10.6 Å². The van der Waals surface area contributed by atoms with E-state index in [1.807, 2.05) is 0 Å². The molecule has 9 nitrogen and oxygen atoms in total. The summed E-state index contributed by atoms with van der Waals surface area (Å²) in [7, 11) is 0. The molecule has 0 spiro atoms. The number of rotatable bonds is 3. The molecule has 26 heavy (non-hydrogen) atoms. The van der Waals surface area contributed by atoms with Crippen molar-refractivity contribution < 1.29 is 14.1 Å². The van der Waals surface area contributed by atoms with E-state index in [4.69, 9.17) is 21.9 Å². The van der Waals surface area contributed by atoms with E-state index in [1.165, 1.54) is 0 Å². The summed E-state index contributed by atoms with van der Waals surface area (Å²) in [5.41, 5.74) is 6.19. The SMILES string of the molecule is Nc1c2c(cc(=O)n1-c1ccccc1-c1noc(CCl)n1)C(=O)NC2=O. The van der Waals surface area contributed by atoms with Gasteiger partial charge in [0.15, 0.2) is 0 Å². The average molecular weight is 372 g/mol. The summed E-state index contributed by atoms with van der Waals surface area (Å²) in [5.74, 6) is -0.987. The number of halogens is 1. The molecular formula is C16H10ClN5O4. The lowest BCUT2D eigenvalue weighted by Gasteiger charge is -2.14. The first-order valence-electron chi connectivity index (χ1n) is 7.40. The number of pyridine rings is 1. The van der Waals surface area contributed by atoms with Crippen LogP contribution in [0.15, 0.2) is 39.6 Å². The maximum absolute atomic E-state index is 12.6. The Morgan fingerprint density at radius 1 is 1.15 bits per heavy atom. The Kier molecular flexibility index (Phi) is 3.58. The molecule has 3 aromatic rings. The Hall–Kier alpha value is -3.46. The predicted molar refractivity (Wildman–Crippen MR) is 91.1 cm³/mol. The fourth-order valence-corrected chi connectivity index (χ4v) is 2.91. The van der Waals surface area contributed by atoms with E-state index in [9.17, 15) is 14.4 Å². The third kappa shape index (κ3) is 2.29. The van der Waals surface area contributed by atoms with Crippen molar-refractivity contribution in [3.8, 4) is 17.1 Å². The van der Waals surface area contributed by atoms with E-state index in [2.05, 4.69) is 15.5 Å². The number of imide groups is 1. The highest BCUT2D eigenvalue weighted by atomic mass is 35.5. The summed E-state index contributed by atoms with van der Waals surface area (Å²) in [6.07, 6.45) is 0. The van der Waals surface area contributed by atoms with Crippen molar-refractivity contribution >= 4 is 29.2 Å². The van der Waals surface area contributed by atoms with Crippen LogP contribution in [0.1, 0.15) is 26.6 Å². The standard InChI is InChI=1S/C16H10ClN5O4/c17-6-10-19-14(21-26-10)7-3-1-2-4-9(7)22-11(23)5-8-12(13(22)18)16(25)20-15(8)24/h1-5H,6,18H2,(H,20,24,25). The van der Waals surface area contributed by atoms with Crippen molar-refractivity contribution in [3.05, 3.63) is 57.7 Å². The van der Waals surface area contributed by atoms with E-state index in [1.54, 1.807) is 24.3 Å². The minimum absolute atomic E-state index is 0.0401. The maximum atomic E-state index is 12.6. The molecule has 0 fully saturated rings. The number of amides is 2. The van der Waals surface area contributed by atoms with Gasteiger partial charge >= 0.3 is 0 Å². The average Bonchev–Trinajstić information content (AvgIpc) is 3.20. The molecule has 2 amide bonds. The van der Waals surface area contributed by atoms with Crippen molar-refractivity contribution in [1.82, 2.24) is 20.0 Å². The van der Waals surface area contributed by atoms with Gasteiger partial charge in [0.05, 0.1) is 16.8 Å². The van der Waals surface area contributed by atoms with Crippen LogP contribution in [-0.4, -0.2) is 26.5 Å². The highest BCUT2D eigenvalue weighted by Crippen LogP contribution is 2.28. The molecule has 130 valence electrons. The van der Waals surface area contributed by atoms with Crippen LogP contribution in [0.25, 0.3) is 17.1 Å². The quantitative estimate of drug-likeness (QED) is 0.520. The molecule has 3 heterocycles. The molecule has 0 saturated carbocycles. The first-order valence-corrected chi connectivity index (χ1v) is 7.94. The van der Waals surface area contributed by atoms with Gasteiger partial charge in [0, 0.05) is 11.6 Å². The van der Waals surface area contributed by atoms with Gasteiger partial charge in [-0.2, -0.15) is 4.98 Å². The van der Waals surface area contributed by atoms with Crippen molar-refractivity contribution in [1.29, 1.82) is 0 Å². The number of nitrogen functional groups attached to an aromatic ring is 1. The van der Waals surface area contributed by atoms with E-state index >= 15 is 0 Å². The Labute approximate surface area is 150 Å². The predicted octanol–water partition coefficient (Wildman–Crippen LogP) is 1.09. The molecule has 10 heteroatoms. The van der Waals surface area contributed by atoms with Gasteiger partial charge in [-0.15, -0.1) is 11.6 Å². The largest absolute Gasteiger partial charge is 0.384 e. The lowest BCUT2D eigenvalue weighted by Crippen LogP contribution is -2.24. The number of para-hydroxylation sites is 1. The number of carbonyl (C=O) groups is 2. The molecule has 1 aliphatic rings. The summed E-state index contributed by atoms with van der Waals surface area (Å²) in [6.45, 7) is 0. The molecule has 3 N–H and O–H groups in total. The van der Waals surface area contributed by atoms with Gasteiger partial charge < -0.3 is 10.3 Å². The van der Waals surface area contributed by atoms with Gasteiger partial charge in [-0.05, 0) is 12.1 Å². The Balaban J connectivity index is 1.98. The topological polar surface area (TPSA) is 133 Å². The fourth-order valence-electron chi connectivity index (χ4n) is 2.80. The number of nitrogens with one attached hydrogen (secondary N) is 1. The summed E-state index contributed by atoms with van der Waals surface area (Å²) in [6, 6.07) is 7.77. The molecule has 0 saturated heterocycles. The van der Waals surface area contributed by atoms with Gasteiger partial charge in [0.1, 0.15) is 11.7 Å². The van der Waals surface area contributed by atoms with Crippen molar-refractivity contribution in [2.45, 2.75) is 5.88 Å². The molecule has 0 radical (unpaired) electrons. The monoisotopic (exact) mass is 371 g/mol. The number of hydrogen-bond acceptors (Lipinski definition) is 7. The number of carbonyl (C=O) groups excluding carboxylic acids is 2. The van der Waals surface area contributed by atoms with Crippen LogP contribution in [-0.2, 0) is 5.88 Å². The van der Waals surface area contributed by atoms with Gasteiger partial charge in [0.2, 0.25) is 11.7 Å². The number of aromatic nitrogens is 3. The van der Waals surface area contributed by atoms with Crippen molar-refractivity contribution in [3.63, 3.8) is 0 Å². The second-order valence-corrected chi connectivity index (χ2v) is 5.70. The Morgan fingerprint density at radius 2 is 1.92 bits per heavy atom. The number of hydrogen-bond donors (Lipinski definition) is 2. The third-order valence-corrected chi connectivity index (χ3v) is 4.15. The van der Waals surface area contributed by atoms with Gasteiger partial charge in [-0.1, -0.05) is 17.3 Å². The zero-order valence-electron chi connectivity index (χ0n) is 13.0. The summed E-state index contributed by atoms with van der Waals surface area (Å²) >= 11 is 5.68. The Bertz CT molecular complexity index is 1130. The first kappa shape index (κ1) is 16.0. The number of benzene rings is 1. The summed E-state index contributed by atoms with van der Waals surface area (Å²) in [5, 5.41) is 5.96. The molecular weight excluding hydrogens is 362 g/mol. The van der Waals surface area contributed by atoms with Crippen LogP contribution in [0.4, 0.5) is 5.82 Å². The lowest BCUT2D eigenvalue weighted by atomic mass is 10.1. The van der Waals surface area contributed by atoms with Gasteiger partial charge in [0.25, 0.3) is 17.4 Å². The zero-order chi connectivity index (χ0) is 18.4. The minimum Gasteiger partial charge on any atom is -0.384 e. The van der Waals surface area contributed by atoms with Crippen LogP contribution in [0.2, 0.25) is 0 Å². The second-order valence-electron chi connectivity index (χ2n) is 5.44. The second kappa shape index (κ2) is 5.81. The van der Waals surface area contributed by atoms with E-state index in [0.29, 0.717) is 11.3 Å². The molecule has 1 aromatic carbocycles. The van der Waals surface area contributed by atoms with Gasteiger partial charge in [-0.25, -0.2) is 0 Å². The lowest BCUT2D eigenvalue weighted by molar-refractivity contribution is 0.0880. The third-order valence-electron chi connectivity index (χ3n) is 3.92. The smallest absolute Gasteiger partial charge is 0.262 e. The highest BCUT2D eigenvalue weighted by molar-refractivity contribution is 6.23. The maximum Gasteiger partial charge on any atom is 0.262 e. The number of alkyl halides is 1. The molecule has 4 rings (SSSR count). The fraction of sp³-hybridized carbons (Fsp3) is 0.0625. The van der Waals surface area contributed by atoms with Crippen molar-refractivity contribution in [2.75, 3.05) is 5.73 Å². The minimum atomic E-state index is -0.655. The molecule has 2 aromatic heterocycles. The molecule has 1 aliphatic heterocycles. The zero-order valence-corrected chi connectivity index (χ0v) is 13.8. The Morgan fingerprint density at radius 3 is 2.65 bits per heavy atom. The normalized spacial score (nSPS) is 13.0. The van der Waals surface area contributed by atoms with Crippen LogP contribution in [0.3, 0.4) is 0 Å².